The van der Waals surface area contributed by atoms with Gasteiger partial charge >= 0.3 is 0 Å². The third-order valence-corrected chi connectivity index (χ3v) is 4.27. The largest absolute Gasteiger partial charge is 0.409 e. The highest BCUT2D eigenvalue weighted by molar-refractivity contribution is 7.09. The molecule has 6 nitrogen and oxygen atoms in total. The minimum Gasteiger partial charge on any atom is -0.409 e. The van der Waals surface area contributed by atoms with E-state index in [0.717, 1.165) is 24.3 Å². The van der Waals surface area contributed by atoms with E-state index in [1.807, 2.05) is 32.2 Å². The summed E-state index contributed by atoms with van der Waals surface area (Å²) in [5.41, 5.74) is 8.13. The summed E-state index contributed by atoms with van der Waals surface area (Å²) >= 11 is 1.69. The lowest BCUT2D eigenvalue weighted by Crippen LogP contribution is -2.28. The first kappa shape index (κ1) is 15.2. The standard InChI is InChI=1S/C14H19N5OS/c1-4-19(8-11-6-5-7-21-11)14-12(13(15)18-20)9(2)10(3)16-17-14/h5-7,20H,4,8H2,1-3H3,(H2,15,18). The third kappa shape index (κ3) is 3.13. The number of aryl methyl sites for hydroxylation is 1. The van der Waals surface area contributed by atoms with Gasteiger partial charge in [-0.2, -0.15) is 5.10 Å². The predicted octanol–water partition coefficient (Wildman–Crippen LogP) is 2.28. The van der Waals surface area contributed by atoms with Crippen LogP contribution < -0.4 is 10.6 Å². The number of nitrogens with zero attached hydrogens (tertiary/aromatic N) is 4. The molecule has 112 valence electrons. The Balaban J connectivity index is 2.48. The van der Waals surface area contributed by atoms with Crippen molar-refractivity contribution >= 4 is 23.0 Å². The minimum absolute atomic E-state index is 0.0603. The number of rotatable bonds is 5. The van der Waals surface area contributed by atoms with Gasteiger partial charge in [-0.3, -0.25) is 0 Å². The van der Waals surface area contributed by atoms with Crippen molar-refractivity contribution in [3.8, 4) is 0 Å². The highest BCUT2D eigenvalue weighted by atomic mass is 32.1. The van der Waals surface area contributed by atoms with Crippen LogP contribution >= 0.6 is 11.3 Å². The second kappa shape index (κ2) is 6.53. The predicted molar refractivity (Wildman–Crippen MR) is 85.1 cm³/mol. The molecular weight excluding hydrogens is 286 g/mol. The van der Waals surface area contributed by atoms with Crippen molar-refractivity contribution in [2.24, 2.45) is 10.9 Å². The van der Waals surface area contributed by atoms with Crippen LogP contribution in [0.25, 0.3) is 0 Å². The van der Waals surface area contributed by atoms with E-state index in [0.29, 0.717) is 11.4 Å². The number of aromatic nitrogens is 2. The van der Waals surface area contributed by atoms with Gasteiger partial charge in [0.1, 0.15) is 0 Å². The van der Waals surface area contributed by atoms with Crippen LogP contribution in [-0.4, -0.2) is 27.8 Å². The quantitative estimate of drug-likeness (QED) is 0.383. The SMILES string of the molecule is CCN(Cc1cccs1)c1nnc(C)c(C)c1C(N)=NO. The van der Waals surface area contributed by atoms with Crippen LogP contribution in [-0.2, 0) is 6.54 Å². The summed E-state index contributed by atoms with van der Waals surface area (Å²) in [6, 6.07) is 4.09. The van der Waals surface area contributed by atoms with Gasteiger partial charge in [0.05, 0.1) is 17.8 Å². The molecule has 0 fully saturated rings. The Morgan fingerprint density at radius 2 is 2.19 bits per heavy atom. The molecule has 2 rings (SSSR count). The van der Waals surface area contributed by atoms with Gasteiger partial charge in [-0.05, 0) is 37.8 Å². The Kier molecular flexibility index (Phi) is 4.74. The fraction of sp³-hybridized carbons (Fsp3) is 0.357. The maximum Gasteiger partial charge on any atom is 0.174 e. The highest BCUT2D eigenvalue weighted by Gasteiger charge is 2.20. The molecule has 0 saturated carbocycles. The van der Waals surface area contributed by atoms with Crippen molar-refractivity contribution in [3.05, 3.63) is 39.2 Å². The summed E-state index contributed by atoms with van der Waals surface area (Å²) in [5.74, 6) is 0.703. The zero-order chi connectivity index (χ0) is 15.4. The normalized spacial score (nSPS) is 11.7. The van der Waals surface area contributed by atoms with Crippen LogP contribution in [0, 0.1) is 13.8 Å². The van der Waals surface area contributed by atoms with Crippen LogP contribution in [0.5, 0.6) is 0 Å². The molecule has 3 N–H and O–H groups in total. The minimum atomic E-state index is 0.0603. The molecule has 0 radical (unpaired) electrons. The number of anilines is 1. The van der Waals surface area contributed by atoms with E-state index in [1.54, 1.807) is 11.3 Å². The van der Waals surface area contributed by atoms with Crippen LogP contribution in [0.2, 0.25) is 0 Å². The van der Waals surface area contributed by atoms with Gasteiger partial charge in [0.15, 0.2) is 11.7 Å². The fourth-order valence-corrected chi connectivity index (χ4v) is 2.82. The number of hydrogen-bond acceptors (Lipinski definition) is 6. The highest BCUT2D eigenvalue weighted by Crippen LogP contribution is 2.24. The lowest BCUT2D eigenvalue weighted by atomic mass is 10.1. The van der Waals surface area contributed by atoms with Gasteiger partial charge in [-0.25, -0.2) is 0 Å². The van der Waals surface area contributed by atoms with Crippen molar-refractivity contribution in [2.45, 2.75) is 27.3 Å². The Hall–Kier alpha value is -2.15. The topological polar surface area (TPSA) is 87.6 Å². The van der Waals surface area contributed by atoms with Gasteiger partial charge in [-0.1, -0.05) is 11.2 Å². The Morgan fingerprint density at radius 1 is 1.43 bits per heavy atom. The molecule has 0 aliphatic heterocycles. The van der Waals surface area contributed by atoms with E-state index in [1.165, 1.54) is 4.88 Å². The molecule has 0 spiro atoms. The van der Waals surface area contributed by atoms with Gasteiger partial charge in [0.2, 0.25) is 0 Å². The number of thiophene rings is 1. The average Bonchev–Trinajstić information content (AvgIpc) is 3.00. The first-order valence-electron chi connectivity index (χ1n) is 6.67. The Labute approximate surface area is 127 Å². The molecule has 0 saturated heterocycles. The first-order chi connectivity index (χ1) is 10.1. The molecule has 2 heterocycles. The van der Waals surface area contributed by atoms with E-state index in [-0.39, 0.29) is 5.84 Å². The third-order valence-electron chi connectivity index (χ3n) is 3.41. The summed E-state index contributed by atoms with van der Waals surface area (Å²) in [7, 11) is 0. The van der Waals surface area contributed by atoms with Gasteiger partial charge < -0.3 is 15.8 Å². The molecule has 0 unspecified atom stereocenters. The monoisotopic (exact) mass is 305 g/mol. The summed E-state index contributed by atoms with van der Waals surface area (Å²) in [6.45, 7) is 7.27. The Morgan fingerprint density at radius 3 is 2.76 bits per heavy atom. The fourth-order valence-electron chi connectivity index (χ4n) is 2.10. The molecule has 0 atom stereocenters. The summed E-state index contributed by atoms with van der Waals surface area (Å²) in [4.78, 5) is 3.29. The van der Waals surface area contributed by atoms with E-state index < -0.39 is 0 Å². The summed E-state index contributed by atoms with van der Waals surface area (Å²) in [6.07, 6.45) is 0. The molecule has 21 heavy (non-hydrogen) atoms. The molecule has 2 aromatic rings. The molecule has 0 amide bonds. The van der Waals surface area contributed by atoms with Gasteiger partial charge in [0.25, 0.3) is 0 Å². The molecule has 2 aromatic heterocycles. The summed E-state index contributed by atoms with van der Waals surface area (Å²) in [5, 5.41) is 22.7. The second-order valence-electron chi connectivity index (χ2n) is 4.69. The molecule has 0 aromatic carbocycles. The molecule has 0 aliphatic carbocycles. The molecular formula is C14H19N5OS. The molecule has 7 heteroatoms. The average molecular weight is 305 g/mol. The second-order valence-corrected chi connectivity index (χ2v) is 5.72. The number of oxime groups is 1. The van der Waals surface area contributed by atoms with Crippen molar-refractivity contribution in [1.29, 1.82) is 0 Å². The maximum atomic E-state index is 9.04. The maximum absolute atomic E-state index is 9.04. The van der Waals surface area contributed by atoms with E-state index >= 15 is 0 Å². The van der Waals surface area contributed by atoms with Crippen molar-refractivity contribution in [3.63, 3.8) is 0 Å². The smallest absolute Gasteiger partial charge is 0.174 e. The summed E-state index contributed by atoms with van der Waals surface area (Å²) < 4.78 is 0. The number of amidine groups is 1. The number of hydrogen-bond donors (Lipinski definition) is 2. The van der Waals surface area contributed by atoms with E-state index in [2.05, 4.69) is 26.3 Å². The lowest BCUT2D eigenvalue weighted by molar-refractivity contribution is 0.318. The van der Waals surface area contributed by atoms with Gasteiger partial charge in [-0.15, -0.1) is 16.4 Å². The van der Waals surface area contributed by atoms with Crippen molar-refractivity contribution < 1.29 is 5.21 Å². The van der Waals surface area contributed by atoms with Crippen LogP contribution in [0.3, 0.4) is 0 Å². The zero-order valence-corrected chi connectivity index (χ0v) is 13.2. The molecule has 0 aliphatic rings. The van der Waals surface area contributed by atoms with Crippen molar-refractivity contribution in [2.75, 3.05) is 11.4 Å². The molecule has 0 bridgehead atoms. The lowest BCUT2D eigenvalue weighted by Gasteiger charge is -2.24. The Bertz CT molecular complexity index is 639. The van der Waals surface area contributed by atoms with E-state index in [4.69, 9.17) is 10.9 Å². The zero-order valence-electron chi connectivity index (χ0n) is 12.4. The number of nitrogens with two attached hydrogens (primary N) is 1. The van der Waals surface area contributed by atoms with Crippen molar-refractivity contribution in [1.82, 2.24) is 10.2 Å². The first-order valence-corrected chi connectivity index (χ1v) is 7.55. The van der Waals surface area contributed by atoms with Gasteiger partial charge in [0, 0.05) is 11.4 Å². The van der Waals surface area contributed by atoms with Crippen LogP contribution in [0.4, 0.5) is 5.82 Å². The van der Waals surface area contributed by atoms with Crippen LogP contribution in [0.1, 0.15) is 28.6 Å². The van der Waals surface area contributed by atoms with Crippen LogP contribution in [0.15, 0.2) is 22.7 Å². The van der Waals surface area contributed by atoms with E-state index in [9.17, 15) is 0 Å².